The van der Waals surface area contributed by atoms with Crippen molar-refractivity contribution < 1.29 is 13.2 Å². The molecule has 0 atom stereocenters. The van der Waals surface area contributed by atoms with Crippen molar-refractivity contribution >= 4 is 33.2 Å². The van der Waals surface area contributed by atoms with Gasteiger partial charge >= 0.3 is 0 Å². The Hall–Kier alpha value is -1.15. The Morgan fingerprint density at radius 3 is 2.67 bits per heavy atom. The average Bonchev–Trinajstić information content (AvgIpc) is 2.36. The molecule has 1 rings (SSSR count). The number of anilines is 1. The van der Waals surface area contributed by atoms with Crippen LogP contribution in [0, 0.1) is 0 Å². The second-order valence-corrected chi connectivity index (χ2v) is 7.17. The second kappa shape index (κ2) is 8.33. The number of hydrogen-bond donors (Lipinski definition) is 2. The standard InChI is InChI=1S/C13H20ClN3O3S/c1-17(21(2,19)20)9-8-15-7-6-13(18)16-12-5-3-4-11(14)10-12/h3-5,10,15H,6-9H2,1-2H3,(H,16,18). The molecule has 0 radical (unpaired) electrons. The van der Waals surface area contributed by atoms with Crippen LogP contribution in [0.25, 0.3) is 0 Å². The second-order valence-electron chi connectivity index (χ2n) is 4.64. The molecule has 0 unspecified atom stereocenters. The van der Waals surface area contributed by atoms with Crippen molar-refractivity contribution in [3.05, 3.63) is 29.3 Å². The molecule has 0 aliphatic heterocycles. The number of nitrogens with one attached hydrogen (secondary N) is 2. The summed E-state index contributed by atoms with van der Waals surface area (Å²) in [5, 5.41) is 6.33. The quantitative estimate of drug-likeness (QED) is 0.699. The smallest absolute Gasteiger partial charge is 0.225 e. The highest BCUT2D eigenvalue weighted by molar-refractivity contribution is 7.88. The Morgan fingerprint density at radius 1 is 1.33 bits per heavy atom. The first-order valence-corrected chi connectivity index (χ1v) is 8.69. The van der Waals surface area contributed by atoms with Crippen molar-refractivity contribution in [2.45, 2.75) is 6.42 Å². The van der Waals surface area contributed by atoms with Crippen LogP contribution >= 0.6 is 11.6 Å². The van der Waals surface area contributed by atoms with Crippen LogP contribution in [0.15, 0.2) is 24.3 Å². The van der Waals surface area contributed by atoms with E-state index in [0.29, 0.717) is 36.8 Å². The lowest BCUT2D eigenvalue weighted by Gasteiger charge is -2.14. The predicted molar refractivity (Wildman–Crippen MR) is 85.0 cm³/mol. The molecule has 0 heterocycles. The Morgan fingerprint density at radius 2 is 2.05 bits per heavy atom. The number of hydrogen-bond acceptors (Lipinski definition) is 4. The zero-order valence-electron chi connectivity index (χ0n) is 12.1. The molecule has 0 saturated heterocycles. The monoisotopic (exact) mass is 333 g/mol. The summed E-state index contributed by atoms with van der Waals surface area (Å²) in [4.78, 5) is 11.7. The molecule has 0 saturated carbocycles. The molecule has 0 fully saturated rings. The molecule has 0 spiro atoms. The topological polar surface area (TPSA) is 78.5 Å². The Bertz CT molecular complexity index is 578. The van der Waals surface area contributed by atoms with E-state index in [0.717, 1.165) is 6.26 Å². The number of likely N-dealkylation sites (N-methyl/N-ethyl adjacent to an activating group) is 1. The number of benzene rings is 1. The van der Waals surface area contributed by atoms with Crippen LogP contribution in [-0.4, -0.2) is 51.6 Å². The van der Waals surface area contributed by atoms with E-state index in [1.807, 2.05) is 0 Å². The number of rotatable bonds is 8. The van der Waals surface area contributed by atoms with Crippen molar-refractivity contribution in [3.8, 4) is 0 Å². The van der Waals surface area contributed by atoms with Crippen LogP contribution < -0.4 is 10.6 Å². The maximum atomic E-state index is 11.7. The summed E-state index contributed by atoms with van der Waals surface area (Å²) < 4.78 is 23.6. The van der Waals surface area contributed by atoms with Crippen LogP contribution in [0.5, 0.6) is 0 Å². The molecule has 1 amide bonds. The molecular formula is C13H20ClN3O3S. The third-order valence-corrected chi connectivity index (χ3v) is 4.36. The molecule has 0 bridgehead atoms. The Balaban J connectivity index is 2.20. The van der Waals surface area contributed by atoms with E-state index in [4.69, 9.17) is 11.6 Å². The van der Waals surface area contributed by atoms with E-state index in [1.54, 1.807) is 24.3 Å². The molecule has 2 N–H and O–H groups in total. The number of carbonyl (C=O) groups is 1. The van der Waals surface area contributed by atoms with Gasteiger partial charge in [0.25, 0.3) is 0 Å². The highest BCUT2D eigenvalue weighted by Gasteiger charge is 2.09. The first kappa shape index (κ1) is 17.9. The Labute approximate surface area is 130 Å². The SMILES string of the molecule is CN(CCNCCC(=O)Nc1cccc(Cl)c1)S(C)(=O)=O. The minimum atomic E-state index is -3.15. The molecule has 6 nitrogen and oxygen atoms in total. The van der Waals surface area contributed by atoms with E-state index in [9.17, 15) is 13.2 Å². The summed E-state index contributed by atoms with van der Waals surface area (Å²) in [6.07, 6.45) is 1.46. The lowest BCUT2D eigenvalue weighted by molar-refractivity contribution is -0.116. The molecule has 0 aliphatic carbocycles. The lowest BCUT2D eigenvalue weighted by atomic mass is 10.3. The fraction of sp³-hybridized carbons (Fsp3) is 0.462. The van der Waals surface area contributed by atoms with Gasteiger partial charge in [0.05, 0.1) is 6.26 Å². The summed E-state index contributed by atoms with van der Waals surface area (Å²) in [5.74, 6) is -0.124. The van der Waals surface area contributed by atoms with Gasteiger partial charge in [-0.2, -0.15) is 0 Å². The summed E-state index contributed by atoms with van der Waals surface area (Å²) >= 11 is 5.82. The van der Waals surface area contributed by atoms with Crippen LogP contribution in [0.1, 0.15) is 6.42 Å². The summed E-state index contributed by atoms with van der Waals surface area (Å²) in [6, 6.07) is 6.93. The predicted octanol–water partition coefficient (Wildman–Crippen LogP) is 1.15. The lowest BCUT2D eigenvalue weighted by Crippen LogP contribution is -2.34. The first-order chi connectivity index (χ1) is 9.79. The maximum Gasteiger partial charge on any atom is 0.225 e. The van der Waals surface area contributed by atoms with Crippen LogP contribution in [-0.2, 0) is 14.8 Å². The third-order valence-electron chi connectivity index (χ3n) is 2.81. The van der Waals surface area contributed by atoms with E-state index in [1.165, 1.54) is 11.4 Å². The average molecular weight is 334 g/mol. The molecular weight excluding hydrogens is 314 g/mol. The van der Waals surface area contributed by atoms with E-state index in [2.05, 4.69) is 10.6 Å². The third kappa shape index (κ3) is 7.42. The summed E-state index contributed by atoms with van der Waals surface area (Å²) in [7, 11) is -1.63. The van der Waals surface area contributed by atoms with Gasteiger partial charge in [0.15, 0.2) is 0 Å². The first-order valence-electron chi connectivity index (χ1n) is 6.46. The maximum absolute atomic E-state index is 11.7. The van der Waals surface area contributed by atoms with Crippen molar-refractivity contribution in [3.63, 3.8) is 0 Å². The van der Waals surface area contributed by atoms with Gasteiger partial charge in [-0.15, -0.1) is 0 Å². The largest absolute Gasteiger partial charge is 0.326 e. The van der Waals surface area contributed by atoms with Crippen molar-refractivity contribution in [2.75, 3.05) is 38.3 Å². The van der Waals surface area contributed by atoms with Gasteiger partial charge in [-0.25, -0.2) is 12.7 Å². The fourth-order valence-electron chi connectivity index (χ4n) is 1.52. The van der Waals surface area contributed by atoms with Gasteiger partial charge in [-0.05, 0) is 18.2 Å². The molecule has 118 valence electrons. The highest BCUT2D eigenvalue weighted by atomic mass is 35.5. The minimum absolute atomic E-state index is 0.124. The molecule has 0 aliphatic rings. The van der Waals surface area contributed by atoms with Crippen molar-refractivity contribution in [2.24, 2.45) is 0 Å². The van der Waals surface area contributed by atoms with Crippen molar-refractivity contribution in [1.29, 1.82) is 0 Å². The van der Waals surface area contributed by atoms with Gasteiger partial charge < -0.3 is 10.6 Å². The number of halogens is 1. The molecule has 0 aromatic heterocycles. The number of nitrogens with zero attached hydrogens (tertiary/aromatic N) is 1. The van der Waals surface area contributed by atoms with Crippen LogP contribution in [0.2, 0.25) is 5.02 Å². The zero-order chi connectivity index (χ0) is 15.9. The summed E-state index contributed by atoms with van der Waals surface area (Å²) in [6.45, 7) is 1.34. The van der Waals surface area contributed by atoms with Gasteiger partial charge in [0.1, 0.15) is 0 Å². The van der Waals surface area contributed by atoms with E-state index < -0.39 is 10.0 Å². The molecule has 1 aromatic rings. The van der Waals surface area contributed by atoms with Crippen LogP contribution in [0.4, 0.5) is 5.69 Å². The molecule has 8 heteroatoms. The normalized spacial score (nSPS) is 11.6. The van der Waals surface area contributed by atoms with Gasteiger partial charge in [-0.3, -0.25) is 4.79 Å². The highest BCUT2D eigenvalue weighted by Crippen LogP contribution is 2.14. The fourth-order valence-corrected chi connectivity index (χ4v) is 2.13. The Kier molecular flexibility index (Phi) is 7.10. The van der Waals surface area contributed by atoms with Crippen LogP contribution in [0.3, 0.4) is 0 Å². The number of carbonyl (C=O) groups excluding carboxylic acids is 1. The van der Waals surface area contributed by atoms with E-state index in [-0.39, 0.29) is 5.91 Å². The molecule has 21 heavy (non-hydrogen) atoms. The number of sulfonamides is 1. The van der Waals surface area contributed by atoms with Gasteiger partial charge in [-0.1, -0.05) is 17.7 Å². The minimum Gasteiger partial charge on any atom is -0.326 e. The van der Waals surface area contributed by atoms with Gasteiger partial charge in [0.2, 0.25) is 15.9 Å². The number of amides is 1. The van der Waals surface area contributed by atoms with Gasteiger partial charge in [0, 0.05) is 43.8 Å². The van der Waals surface area contributed by atoms with Crippen molar-refractivity contribution in [1.82, 2.24) is 9.62 Å². The summed E-state index contributed by atoms with van der Waals surface area (Å²) in [5.41, 5.74) is 0.657. The van der Waals surface area contributed by atoms with E-state index >= 15 is 0 Å². The zero-order valence-corrected chi connectivity index (χ0v) is 13.7. The molecule has 1 aromatic carbocycles.